The molecule has 1 atom stereocenters. The van der Waals surface area contributed by atoms with E-state index < -0.39 is 5.60 Å². The largest absolute Gasteiger partial charge is 0.389 e. The molecule has 2 N–H and O–H groups in total. The van der Waals surface area contributed by atoms with Crippen LogP contribution in [0.1, 0.15) is 51.7 Å². The van der Waals surface area contributed by atoms with Gasteiger partial charge in [0.2, 0.25) is 0 Å². The predicted molar refractivity (Wildman–Crippen MR) is 73.1 cm³/mol. The third-order valence-corrected chi connectivity index (χ3v) is 3.32. The van der Waals surface area contributed by atoms with Crippen molar-refractivity contribution in [3.63, 3.8) is 0 Å². The number of aliphatic hydroxyl groups is 1. The van der Waals surface area contributed by atoms with Crippen LogP contribution in [0.4, 0.5) is 0 Å². The van der Waals surface area contributed by atoms with Gasteiger partial charge in [0, 0.05) is 12.6 Å². The average molecular weight is 235 g/mol. The molecule has 0 amide bonds. The van der Waals surface area contributed by atoms with Gasteiger partial charge in [0.05, 0.1) is 5.60 Å². The Labute approximate surface area is 105 Å². The van der Waals surface area contributed by atoms with Crippen LogP contribution < -0.4 is 5.32 Å². The lowest BCUT2D eigenvalue weighted by Crippen LogP contribution is -2.44. The summed E-state index contributed by atoms with van der Waals surface area (Å²) in [6, 6.07) is 8.73. The summed E-state index contributed by atoms with van der Waals surface area (Å²) in [4.78, 5) is 0. The number of rotatable bonds is 5. The molecule has 0 saturated heterocycles. The van der Waals surface area contributed by atoms with E-state index >= 15 is 0 Å². The second-order valence-corrected chi connectivity index (χ2v) is 5.65. The molecule has 1 rings (SSSR count). The first kappa shape index (κ1) is 14.2. The molecule has 0 aliphatic heterocycles. The van der Waals surface area contributed by atoms with Crippen LogP contribution in [0.15, 0.2) is 24.3 Å². The molecular formula is C15H25NO. The predicted octanol–water partition coefficient (Wildman–Crippen LogP) is 3.06. The summed E-state index contributed by atoms with van der Waals surface area (Å²) >= 11 is 0. The molecule has 1 aromatic rings. The third kappa shape index (κ3) is 4.49. The molecule has 96 valence electrons. The van der Waals surface area contributed by atoms with Crippen LogP contribution >= 0.6 is 0 Å². The Morgan fingerprint density at radius 3 is 2.06 bits per heavy atom. The molecule has 1 unspecified atom stereocenters. The van der Waals surface area contributed by atoms with Crippen molar-refractivity contribution in [3.05, 3.63) is 35.4 Å². The maximum atomic E-state index is 9.82. The Bertz CT molecular complexity index is 335. The van der Waals surface area contributed by atoms with Gasteiger partial charge in [-0.15, -0.1) is 0 Å². The highest BCUT2D eigenvalue weighted by Crippen LogP contribution is 2.15. The highest BCUT2D eigenvalue weighted by molar-refractivity contribution is 5.24. The van der Waals surface area contributed by atoms with E-state index in [-0.39, 0.29) is 6.04 Å². The monoisotopic (exact) mass is 235 g/mol. The standard InChI is InChI=1S/C15H25NO/c1-11(2)14-8-6-13(7-9-14)10-16-12(3)15(4,5)17/h6-9,11-12,16-17H,10H2,1-5H3. The van der Waals surface area contributed by atoms with Crippen LogP contribution in [0.5, 0.6) is 0 Å². The SMILES string of the molecule is CC(C)c1ccc(CNC(C)C(C)(C)O)cc1. The topological polar surface area (TPSA) is 32.3 Å². The minimum absolute atomic E-state index is 0.0762. The van der Waals surface area contributed by atoms with Crippen molar-refractivity contribution in [2.75, 3.05) is 0 Å². The minimum Gasteiger partial charge on any atom is -0.389 e. The van der Waals surface area contributed by atoms with E-state index in [4.69, 9.17) is 0 Å². The first-order valence-corrected chi connectivity index (χ1v) is 6.35. The van der Waals surface area contributed by atoms with Crippen molar-refractivity contribution in [2.24, 2.45) is 0 Å². The normalized spacial score (nSPS) is 14.1. The summed E-state index contributed by atoms with van der Waals surface area (Å²) in [6.45, 7) is 10.8. The first-order chi connectivity index (χ1) is 7.80. The average Bonchev–Trinajstić information content (AvgIpc) is 2.25. The molecule has 0 fully saturated rings. The van der Waals surface area contributed by atoms with Crippen molar-refractivity contribution in [3.8, 4) is 0 Å². The maximum Gasteiger partial charge on any atom is 0.0741 e. The molecule has 0 bridgehead atoms. The maximum absolute atomic E-state index is 9.82. The molecule has 0 aromatic heterocycles. The van der Waals surface area contributed by atoms with E-state index in [1.54, 1.807) is 0 Å². The van der Waals surface area contributed by atoms with Gasteiger partial charge in [0.25, 0.3) is 0 Å². The van der Waals surface area contributed by atoms with Crippen molar-refractivity contribution in [2.45, 2.75) is 58.7 Å². The van der Waals surface area contributed by atoms with E-state index in [0.29, 0.717) is 5.92 Å². The van der Waals surface area contributed by atoms with Crippen LogP contribution in [-0.2, 0) is 6.54 Å². The van der Waals surface area contributed by atoms with Crippen LogP contribution in [0.3, 0.4) is 0 Å². The summed E-state index contributed by atoms with van der Waals surface area (Å²) in [5.41, 5.74) is 1.94. The quantitative estimate of drug-likeness (QED) is 0.822. The van der Waals surface area contributed by atoms with Gasteiger partial charge in [-0.05, 0) is 37.8 Å². The van der Waals surface area contributed by atoms with Gasteiger partial charge in [-0.3, -0.25) is 0 Å². The van der Waals surface area contributed by atoms with E-state index in [1.807, 2.05) is 20.8 Å². The summed E-state index contributed by atoms with van der Waals surface area (Å²) in [6.07, 6.45) is 0. The number of hydrogen-bond donors (Lipinski definition) is 2. The van der Waals surface area contributed by atoms with Crippen molar-refractivity contribution >= 4 is 0 Å². The molecule has 2 heteroatoms. The van der Waals surface area contributed by atoms with E-state index in [1.165, 1.54) is 11.1 Å². The highest BCUT2D eigenvalue weighted by atomic mass is 16.3. The van der Waals surface area contributed by atoms with E-state index in [2.05, 4.69) is 43.4 Å². The molecule has 17 heavy (non-hydrogen) atoms. The number of nitrogens with one attached hydrogen (secondary N) is 1. The zero-order valence-electron chi connectivity index (χ0n) is 11.6. The lowest BCUT2D eigenvalue weighted by molar-refractivity contribution is 0.0437. The second kappa shape index (κ2) is 5.65. The molecule has 0 aliphatic rings. The van der Waals surface area contributed by atoms with Gasteiger partial charge >= 0.3 is 0 Å². The third-order valence-electron chi connectivity index (χ3n) is 3.32. The highest BCUT2D eigenvalue weighted by Gasteiger charge is 2.21. The van der Waals surface area contributed by atoms with Crippen molar-refractivity contribution in [1.82, 2.24) is 5.32 Å². The van der Waals surface area contributed by atoms with Crippen LogP contribution in [0, 0.1) is 0 Å². The molecule has 2 nitrogen and oxygen atoms in total. The zero-order chi connectivity index (χ0) is 13.1. The van der Waals surface area contributed by atoms with Gasteiger partial charge in [0.1, 0.15) is 0 Å². The van der Waals surface area contributed by atoms with Crippen LogP contribution in [0.25, 0.3) is 0 Å². The van der Waals surface area contributed by atoms with Gasteiger partial charge in [-0.1, -0.05) is 38.1 Å². The van der Waals surface area contributed by atoms with E-state index in [9.17, 15) is 5.11 Å². The number of benzene rings is 1. The molecule has 0 radical (unpaired) electrons. The summed E-state index contributed by atoms with van der Waals surface area (Å²) in [5, 5.41) is 13.2. The number of hydrogen-bond acceptors (Lipinski definition) is 2. The smallest absolute Gasteiger partial charge is 0.0741 e. The van der Waals surface area contributed by atoms with Crippen molar-refractivity contribution < 1.29 is 5.11 Å². The Hall–Kier alpha value is -0.860. The minimum atomic E-state index is -0.683. The Balaban J connectivity index is 2.53. The van der Waals surface area contributed by atoms with Gasteiger partial charge < -0.3 is 10.4 Å². The Morgan fingerprint density at radius 2 is 1.65 bits per heavy atom. The molecule has 0 heterocycles. The Kier molecular flexibility index (Phi) is 4.72. The molecule has 0 saturated carbocycles. The summed E-state index contributed by atoms with van der Waals surface area (Å²) in [5.74, 6) is 0.576. The lowest BCUT2D eigenvalue weighted by Gasteiger charge is -2.26. The van der Waals surface area contributed by atoms with E-state index in [0.717, 1.165) is 6.54 Å². The summed E-state index contributed by atoms with van der Waals surface area (Å²) < 4.78 is 0. The van der Waals surface area contributed by atoms with Gasteiger partial charge in [0.15, 0.2) is 0 Å². The molecule has 0 spiro atoms. The lowest BCUT2D eigenvalue weighted by atomic mass is 9.99. The van der Waals surface area contributed by atoms with Crippen LogP contribution in [-0.4, -0.2) is 16.7 Å². The van der Waals surface area contributed by atoms with Gasteiger partial charge in [-0.25, -0.2) is 0 Å². The fourth-order valence-corrected chi connectivity index (χ4v) is 1.54. The zero-order valence-corrected chi connectivity index (χ0v) is 11.6. The second-order valence-electron chi connectivity index (χ2n) is 5.65. The first-order valence-electron chi connectivity index (χ1n) is 6.35. The fraction of sp³-hybridized carbons (Fsp3) is 0.600. The molecule has 0 aliphatic carbocycles. The fourth-order valence-electron chi connectivity index (χ4n) is 1.54. The Morgan fingerprint density at radius 1 is 1.12 bits per heavy atom. The molecular weight excluding hydrogens is 210 g/mol. The summed E-state index contributed by atoms with van der Waals surface area (Å²) in [7, 11) is 0. The van der Waals surface area contributed by atoms with Gasteiger partial charge in [-0.2, -0.15) is 0 Å². The molecule has 1 aromatic carbocycles. The van der Waals surface area contributed by atoms with Crippen LogP contribution in [0.2, 0.25) is 0 Å². The van der Waals surface area contributed by atoms with Crippen molar-refractivity contribution in [1.29, 1.82) is 0 Å².